The van der Waals surface area contributed by atoms with Crippen LogP contribution in [-0.2, 0) is 0 Å². The van der Waals surface area contributed by atoms with E-state index < -0.39 is 0 Å². The molecule has 1 unspecified atom stereocenters. The van der Waals surface area contributed by atoms with Gasteiger partial charge in [0.15, 0.2) is 0 Å². The molecule has 0 aliphatic carbocycles. The number of aromatic nitrogens is 2. The van der Waals surface area contributed by atoms with Gasteiger partial charge in [-0.1, -0.05) is 0 Å². The molecule has 1 N–H and O–H groups in total. The first-order chi connectivity index (χ1) is 8.34. The Bertz CT molecular complexity index is 510. The third-order valence-corrected chi connectivity index (χ3v) is 4.20. The van der Waals surface area contributed by atoms with Crippen LogP contribution in [0.15, 0.2) is 17.8 Å². The predicted molar refractivity (Wildman–Crippen MR) is 70.9 cm³/mol. The highest BCUT2D eigenvalue weighted by Gasteiger charge is 2.18. The van der Waals surface area contributed by atoms with Gasteiger partial charge < -0.3 is 9.80 Å². The smallest absolute Gasteiger partial charge is 0.140 e. The van der Waals surface area contributed by atoms with Crippen LogP contribution in [0.4, 0.5) is 5.82 Å². The van der Waals surface area contributed by atoms with Gasteiger partial charge >= 0.3 is 0 Å². The van der Waals surface area contributed by atoms with E-state index in [1.165, 1.54) is 24.9 Å². The third-order valence-electron chi connectivity index (χ3n) is 3.38. The summed E-state index contributed by atoms with van der Waals surface area (Å²) < 4.78 is 0. The highest BCUT2D eigenvalue weighted by molar-refractivity contribution is 7.16. The van der Waals surface area contributed by atoms with E-state index >= 15 is 0 Å². The molecule has 1 aliphatic rings. The summed E-state index contributed by atoms with van der Waals surface area (Å²) in [5.74, 6) is 1.12. The molecule has 90 valence electrons. The first-order valence-corrected chi connectivity index (χ1v) is 6.97. The lowest BCUT2D eigenvalue weighted by molar-refractivity contribution is -0.876. The number of hydrogen-bond donors (Lipinski definition) is 1. The molecule has 2 aromatic heterocycles. The lowest BCUT2D eigenvalue weighted by Gasteiger charge is -2.20. The van der Waals surface area contributed by atoms with Crippen molar-refractivity contribution in [2.45, 2.75) is 6.42 Å². The van der Waals surface area contributed by atoms with Gasteiger partial charge in [0.1, 0.15) is 17.0 Å². The van der Waals surface area contributed by atoms with Crippen molar-refractivity contribution in [2.24, 2.45) is 0 Å². The maximum absolute atomic E-state index is 4.48. The molecule has 0 aromatic carbocycles. The van der Waals surface area contributed by atoms with Crippen LogP contribution in [0.1, 0.15) is 6.42 Å². The maximum atomic E-state index is 4.48. The van der Waals surface area contributed by atoms with Crippen molar-refractivity contribution < 1.29 is 4.90 Å². The first kappa shape index (κ1) is 10.9. The summed E-state index contributed by atoms with van der Waals surface area (Å²) >= 11 is 1.69. The molecular weight excluding hydrogens is 232 g/mol. The largest absolute Gasteiger partial charge is 0.350 e. The number of quaternary nitrogens is 1. The fourth-order valence-corrected chi connectivity index (χ4v) is 3.10. The van der Waals surface area contributed by atoms with Gasteiger partial charge in [-0.25, -0.2) is 9.97 Å². The van der Waals surface area contributed by atoms with E-state index in [0.717, 1.165) is 23.7 Å². The summed E-state index contributed by atoms with van der Waals surface area (Å²) in [4.78, 5) is 13.9. The van der Waals surface area contributed by atoms with Gasteiger partial charge in [-0.3, -0.25) is 0 Å². The van der Waals surface area contributed by atoms with Gasteiger partial charge in [-0.15, -0.1) is 11.3 Å². The van der Waals surface area contributed by atoms with Crippen LogP contribution in [0.25, 0.3) is 10.2 Å². The van der Waals surface area contributed by atoms with Crippen LogP contribution in [0.5, 0.6) is 0 Å². The highest BCUT2D eigenvalue weighted by Crippen LogP contribution is 2.26. The predicted octanol–water partition coefficient (Wildman–Crippen LogP) is 0.416. The maximum Gasteiger partial charge on any atom is 0.140 e. The molecule has 0 spiro atoms. The topological polar surface area (TPSA) is 33.5 Å². The van der Waals surface area contributed by atoms with Gasteiger partial charge in [0.2, 0.25) is 0 Å². The molecule has 5 heteroatoms. The average molecular weight is 249 g/mol. The molecule has 1 saturated heterocycles. The first-order valence-electron chi connectivity index (χ1n) is 6.09. The Labute approximate surface area is 105 Å². The Balaban J connectivity index is 1.94. The summed E-state index contributed by atoms with van der Waals surface area (Å²) in [5, 5.41) is 3.30. The zero-order valence-electron chi connectivity index (χ0n) is 10.0. The zero-order chi connectivity index (χ0) is 11.7. The number of rotatable bonds is 1. The molecule has 0 radical (unpaired) electrons. The highest BCUT2D eigenvalue weighted by atomic mass is 32.1. The van der Waals surface area contributed by atoms with Crippen LogP contribution in [0, 0.1) is 0 Å². The van der Waals surface area contributed by atoms with Crippen molar-refractivity contribution in [1.82, 2.24) is 9.97 Å². The molecule has 1 aliphatic heterocycles. The number of fused-ring (bicyclic) bond motifs is 1. The Morgan fingerprint density at radius 2 is 2.24 bits per heavy atom. The number of thiophene rings is 1. The minimum atomic E-state index is 1.09. The Kier molecular flexibility index (Phi) is 2.94. The van der Waals surface area contributed by atoms with Gasteiger partial charge in [0.25, 0.3) is 0 Å². The van der Waals surface area contributed by atoms with E-state index in [-0.39, 0.29) is 0 Å². The summed E-state index contributed by atoms with van der Waals surface area (Å²) in [5.41, 5.74) is 0. The summed E-state index contributed by atoms with van der Waals surface area (Å²) in [6.45, 7) is 4.65. The van der Waals surface area contributed by atoms with Crippen LogP contribution >= 0.6 is 11.3 Å². The molecule has 4 nitrogen and oxygen atoms in total. The van der Waals surface area contributed by atoms with Crippen LogP contribution in [0.2, 0.25) is 0 Å². The Morgan fingerprint density at radius 3 is 3.18 bits per heavy atom. The molecule has 0 amide bonds. The van der Waals surface area contributed by atoms with E-state index in [4.69, 9.17) is 0 Å². The van der Waals surface area contributed by atoms with E-state index in [9.17, 15) is 0 Å². The monoisotopic (exact) mass is 249 g/mol. The van der Waals surface area contributed by atoms with Gasteiger partial charge in [0.05, 0.1) is 32.1 Å². The second-order valence-corrected chi connectivity index (χ2v) is 5.53. The lowest BCUT2D eigenvalue weighted by atomic mass is 10.3. The second kappa shape index (κ2) is 4.58. The second-order valence-electron chi connectivity index (χ2n) is 4.63. The minimum absolute atomic E-state index is 1.09. The normalized spacial score (nSPS) is 21.7. The molecular formula is C12H17N4S+. The number of likely N-dealkylation sites (N-methyl/N-ethyl adjacent to an activating group) is 1. The quantitative estimate of drug-likeness (QED) is 0.795. The van der Waals surface area contributed by atoms with E-state index in [1.807, 2.05) is 0 Å². The molecule has 3 heterocycles. The molecule has 0 bridgehead atoms. The molecule has 17 heavy (non-hydrogen) atoms. The summed E-state index contributed by atoms with van der Waals surface area (Å²) in [7, 11) is 2.27. The van der Waals surface area contributed by atoms with Gasteiger partial charge in [-0.05, 0) is 11.4 Å². The van der Waals surface area contributed by atoms with Crippen LogP contribution in [-0.4, -0.2) is 43.2 Å². The summed E-state index contributed by atoms with van der Waals surface area (Å²) in [6, 6.07) is 2.14. The molecule has 3 rings (SSSR count). The van der Waals surface area contributed by atoms with Crippen molar-refractivity contribution in [3.8, 4) is 0 Å². The SMILES string of the molecule is C[NH+]1CCCN(c2ncnc3sccc23)CC1. The molecule has 1 fully saturated rings. The van der Waals surface area contributed by atoms with E-state index in [0.29, 0.717) is 0 Å². The zero-order valence-corrected chi connectivity index (χ0v) is 10.8. The molecule has 0 saturated carbocycles. The number of hydrogen-bond acceptors (Lipinski definition) is 4. The summed E-state index contributed by atoms with van der Waals surface area (Å²) in [6.07, 6.45) is 2.93. The fraction of sp³-hybridized carbons (Fsp3) is 0.500. The van der Waals surface area contributed by atoms with Crippen molar-refractivity contribution in [2.75, 3.05) is 38.1 Å². The average Bonchev–Trinajstić information content (AvgIpc) is 2.72. The Morgan fingerprint density at radius 1 is 1.29 bits per heavy atom. The van der Waals surface area contributed by atoms with Crippen molar-refractivity contribution in [3.05, 3.63) is 17.8 Å². The molecule has 1 atom stereocenters. The van der Waals surface area contributed by atoms with E-state index in [1.54, 1.807) is 22.6 Å². The number of nitrogens with one attached hydrogen (secondary N) is 1. The minimum Gasteiger partial charge on any atom is -0.350 e. The van der Waals surface area contributed by atoms with Crippen molar-refractivity contribution in [1.29, 1.82) is 0 Å². The fourth-order valence-electron chi connectivity index (χ4n) is 2.38. The number of anilines is 1. The van der Waals surface area contributed by atoms with E-state index in [2.05, 4.69) is 33.4 Å². The standard InChI is InChI=1S/C12H16N4S/c1-15-4-2-5-16(7-6-15)11-10-3-8-17-12(10)14-9-13-11/h3,8-9H,2,4-7H2,1H3/p+1. The Hall–Kier alpha value is -1.20. The third kappa shape index (κ3) is 2.12. The van der Waals surface area contributed by atoms with Crippen molar-refractivity contribution in [3.63, 3.8) is 0 Å². The van der Waals surface area contributed by atoms with Gasteiger partial charge in [0, 0.05) is 13.0 Å². The van der Waals surface area contributed by atoms with Crippen molar-refractivity contribution >= 4 is 27.4 Å². The number of nitrogens with zero attached hydrogens (tertiary/aromatic N) is 3. The van der Waals surface area contributed by atoms with Gasteiger partial charge in [-0.2, -0.15) is 0 Å². The van der Waals surface area contributed by atoms with Crippen LogP contribution < -0.4 is 9.80 Å². The van der Waals surface area contributed by atoms with Crippen LogP contribution in [0.3, 0.4) is 0 Å². The lowest BCUT2D eigenvalue weighted by Crippen LogP contribution is -3.09. The molecule has 2 aromatic rings.